The lowest BCUT2D eigenvalue weighted by molar-refractivity contribution is -0.160. The van der Waals surface area contributed by atoms with E-state index in [0.29, 0.717) is 35.5 Å². The van der Waals surface area contributed by atoms with Crippen molar-refractivity contribution < 1.29 is 14.6 Å². The summed E-state index contributed by atoms with van der Waals surface area (Å²) in [7, 11) is 0. The van der Waals surface area contributed by atoms with Crippen molar-refractivity contribution in [3.05, 3.63) is 77.9 Å². The van der Waals surface area contributed by atoms with Gasteiger partial charge in [0.25, 0.3) is 0 Å². The van der Waals surface area contributed by atoms with Gasteiger partial charge in [0, 0.05) is 6.92 Å². The van der Waals surface area contributed by atoms with E-state index in [2.05, 4.69) is 101 Å². The number of hydrogen-bond donors (Lipinski definition) is 1. The molecule has 0 heterocycles. The number of fused-ring (bicyclic) bond motifs is 3. The van der Waals surface area contributed by atoms with E-state index in [1.807, 2.05) is 0 Å². The van der Waals surface area contributed by atoms with E-state index in [4.69, 9.17) is 4.74 Å². The highest BCUT2D eigenvalue weighted by Crippen LogP contribution is 2.67. The first kappa shape index (κ1) is 33.0. The molecular formula is C41H58O3. The van der Waals surface area contributed by atoms with Crippen LogP contribution in [-0.2, 0) is 9.53 Å². The summed E-state index contributed by atoms with van der Waals surface area (Å²) in [6, 6.07) is 21.7. The van der Waals surface area contributed by atoms with Crippen LogP contribution in [0.4, 0.5) is 0 Å². The van der Waals surface area contributed by atoms with Gasteiger partial charge in [-0.3, -0.25) is 4.79 Å². The number of hydrogen-bond acceptors (Lipinski definition) is 3. The summed E-state index contributed by atoms with van der Waals surface area (Å²) in [5.41, 5.74) is 4.37. The molecule has 0 bridgehead atoms. The Morgan fingerprint density at radius 1 is 0.977 bits per heavy atom. The molecule has 3 heteroatoms. The fourth-order valence-corrected chi connectivity index (χ4v) is 10.5. The van der Waals surface area contributed by atoms with Crippen molar-refractivity contribution in [1.82, 2.24) is 0 Å². The summed E-state index contributed by atoms with van der Waals surface area (Å²) < 4.78 is 5.67. The molecule has 3 fully saturated rings. The summed E-state index contributed by atoms with van der Waals surface area (Å²) in [6.07, 6.45) is 13.4. The van der Waals surface area contributed by atoms with Crippen LogP contribution in [0.1, 0.15) is 117 Å². The predicted octanol–water partition coefficient (Wildman–Crippen LogP) is 10.1. The Morgan fingerprint density at radius 3 is 2.18 bits per heavy atom. The minimum absolute atomic E-state index is 0.00462. The third-order valence-corrected chi connectivity index (χ3v) is 12.8. The maximum absolute atomic E-state index is 12.0. The molecule has 3 aliphatic carbocycles. The molecule has 44 heavy (non-hydrogen) atoms. The number of allylic oxidation sites excluding steroid dienone is 1. The topological polar surface area (TPSA) is 46.5 Å². The lowest BCUT2D eigenvalue weighted by atomic mass is 9.45. The molecule has 0 amide bonds. The Labute approximate surface area is 267 Å². The molecule has 2 aromatic carbocycles. The number of carbonyl (C=O) groups is 1. The molecule has 240 valence electrons. The molecule has 0 spiro atoms. The van der Waals surface area contributed by atoms with Gasteiger partial charge in [-0.2, -0.15) is 0 Å². The van der Waals surface area contributed by atoms with Gasteiger partial charge in [-0.25, -0.2) is 0 Å². The maximum Gasteiger partial charge on any atom is 0.302 e. The van der Waals surface area contributed by atoms with Crippen LogP contribution < -0.4 is 0 Å². The Hall–Kier alpha value is -2.39. The summed E-state index contributed by atoms with van der Waals surface area (Å²) in [5.74, 6) is 2.96. The quantitative estimate of drug-likeness (QED) is 0.262. The Balaban J connectivity index is 1.36. The summed E-state index contributed by atoms with van der Waals surface area (Å²) >= 11 is 0. The Morgan fingerprint density at radius 2 is 1.61 bits per heavy atom. The third-order valence-electron chi connectivity index (χ3n) is 12.8. The van der Waals surface area contributed by atoms with E-state index < -0.39 is 0 Å². The zero-order valence-corrected chi connectivity index (χ0v) is 28.3. The van der Waals surface area contributed by atoms with Crippen molar-refractivity contribution in [2.24, 2.45) is 46.3 Å². The molecule has 5 rings (SSSR count). The number of aliphatic hydroxyl groups is 1. The first-order chi connectivity index (χ1) is 21.1. The SMILES string of the molecule is CC[C@@H](CC[C@@]1(C)C[C@@H](CC)C(O)C2C1CC[C@@]1(C)C2CC[C@@H]1[C@H](C)CC=C(c1ccccc1)c1ccccc1)OC(C)=O. The van der Waals surface area contributed by atoms with Gasteiger partial charge in [0.05, 0.1) is 6.10 Å². The first-order valence-electron chi connectivity index (χ1n) is 17.8. The zero-order chi connectivity index (χ0) is 31.5. The van der Waals surface area contributed by atoms with Crippen molar-refractivity contribution >= 4 is 11.5 Å². The first-order valence-corrected chi connectivity index (χ1v) is 17.8. The lowest BCUT2D eigenvalue weighted by Gasteiger charge is -2.60. The van der Waals surface area contributed by atoms with E-state index in [1.54, 1.807) is 0 Å². The molecular weight excluding hydrogens is 540 g/mol. The van der Waals surface area contributed by atoms with Crippen LogP contribution in [0, 0.1) is 46.3 Å². The van der Waals surface area contributed by atoms with E-state index in [1.165, 1.54) is 49.3 Å². The van der Waals surface area contributed by atoms with Crippen LogP contribution in [0.3, 0.4) is 0 Å². The highest BCUT2D eigenvalue weighted by atomic mass is 16.5. The van der Waals surface area contributed by atoms with Crippen molar-refractivity contribution in [2.45, 2.75) is 118 Å². The highest BCUT2D eigenvalue weighted by Gasteiger charge is 2.61. The lowest BCUT2D eigenvalue weighted by Crippen LogP contribution is -2.57. The van der Waals surface area contributed by atoms with Gasteiger partial charge in [0.15, 0.2) is 0 Å². The van der Waals surface area contributed by atoms with E-state index in [0.717, 1.165) is 38.5 Å². The number of aliphatic hydroxyl groups excluding tert-OH is 1. The number of carbonyl (C=O) groups excluding carboxylic acids is 1. The molecule has 3 saturated carbocycles. The molecule has 1 N–H and O–H groups in total. The summed E-state index contributed by atoms with van der Waals surface area (Å²) in [4.78, 5) is 11.7. The van der Waals surface area contributed by atoms with Crippen LogP contribution >= 0.6 is 0 Å². The monoisotopic (exact) mass is 598 g/mol. The van der Waals surface area contributed by atoms with Crippen LogP contribution in [0.15, 0.2) is 66.7 Å². The minimum atomic E-state index is -0.199. The second kappa shape index (κ2) is 13.9. The molecule has 0 radical (unpaired) electrons. The van der Waals surface area contributed by atoms with Gasteiger partial charge < -0.3 is 9.84 Å². The van der Waals surface area contributed by atoms with Crippen molar-refractivity contribution in [2.75, 3.05) is 0 Å². The summed E-state index contributed by atoms with van der Waals surface area (Å²) in [6.45, 7) is 13.5. The van der Waals surface area contributed by atoms with Gasteiger partial charge in [0.2, 0.25) is 0 Å². The van der Waals surface area contributed by atoms with Crippen LogP contribution in [0.25, 0.3) is 5.57 Å². The molecule has 0 aliphatic heterocycles. The van der Waals surface area contributed by atoms with Crippen LogP contribution in [-0.4, -0.2) is 23.3 Å². The number of esters is 1. The standard InChI is InChI=1S/C41H58O3/c1-7-30-27-40(5,25-23-33(8-2)44-29(4)42)36-24-26-41(6)35(21-22-37(41)38(36)39(30)43)28(3)19-20-34(31-15-11-9-12-16-31)32-17-13-10-14-18-32/h9-18,20,28,30,33,35-39,43H,7-8,19,21-27H2,1-6H3/t28-,30-,33+,35-,36?,37?,38?,39?,40+,41-/m1/s1. The van der Waals surface area contributed by atoms with Crippen LogP contribution in [0.5, 0.6) is 0 Å². The molecule has 3 nitrogen and oxygen atoms in total. The fraction of sp³-hybridized carbons (Fsp3) is 0.634. The molecule has 3 aliphatic rings. The van der Waals surface area contributed by atoms with E-state index >= 15 is 0 Å². The van der Waals surface area contributed by atoms with Gasteiger partial charge in [-0.1, -0.05) is 108 Å². The van der Waals surface area contributed by atoms with Gasteiger partial charge in [0.1, 0.15) is 6.10 Å². The Kier molecular flexibility index (Phi) is 10.4. The number of rotatable bonds is 11. The minimum Gasteiger partial charge on any atom is -0.463 e. The van der Waals surface area contributed by atoms with Crippen molar-refractivity contribution in [1.29, 1.82) is 0 Å². The third kappa shape index (κ3) is 6.60. The molecule has 10 atom stereocenters. The summed E-state index contributed by atoms with van der Waals surface area (Å²) in [5, 5.41) is 12.0. The van der Waals surface area contributed by atoms with Gasteiger partial charge >= 0.3 is 5.97 Å². The normalized spacial score (nSPS) is 34.3. The molecule has 0 saturated heterocycles. The number of benzene rings is 2. The van der Waals surface area contributed by atoms with Crippen molar-refractivity contribution in [3.63, 3.8) is 0 Å². The second-order valence-corrected chi connectivity index (χ2v) is 15.3. The maximum atomic E-state index is 12.0. The smallest absolute Gasteiger partial charge is 0.302 e. The van der Waals surface area contributed by atoms with E-state index in [-0.39, 0.29) is 29.0 Å². The van der Waals surface area contributed by atoms with Gasteiger partial charge in [-0.15, -0.1) is 0 Å². The predicted molar refractivity (Wildman–Crippen MR) is 182 cm³/mol. The van der Waals surface area contributed by atoms with Gasteiger partial charge in [-0.05, 0) is 121 Å². The molecule has 4 unspecified atom stereocenters. The van der Waals surface area contributed by atoms with E-state index in [9.17, 15) is 9.90 Å². The largest absolute Gasteiger partial charge is 0.463 e. The fourth-order valence-electron chi connectivity index (χ4n) is 10.5. The average molecular weight is 599 g/mol. The number of ether oxygens (including phenoxy) is 1. The Bertz CT molecular complexity index is 1210. The second-order valence-electron chi connectivity index (χ2n) is 15.3. The van der Waals surface area contributed by atoms with Crippen LogP contribution in [0.2, 0.25) is 0 Å². The van der Waals surface area contributed by atoms with Crippen molar-refractivity contribution in [3.8, 4) is 0 Å². The molecule has 0 aromatic heterocycles. The molecule has 2 aromatic rings. The average Bonchev–Trinajstić information content (AvgIpc) is 3.39. The highest BCUT2D eigenvalue weighted by molar-refractivity contribution is 5.79. The zero-order valence-electron chi connectivity index (χ0n) is 28.3.